The van der Waals surface area contributed by atoms with Crippen LogP contribution < -0.4 is 10.3 Å². The number of hydrogen-bond donors (Lipinski definition) is 2. The number of sulfonamides is 1. The topological polar surface area (TPSA) is 97.5 Å². The fraction of sp³-hybridized carbons (Fsp3) is 0.500. The van der Waals surface area contributed by atoms with E-state index in [1.165, 1.54) is 12.1 Å². The van der Waals surface area contributed by atoms with Gasteiger partial charge in [-0.25, -0.2) is 13.1 Å². The van der Waals surface area contributed by atoms with Gasteiger partial charge in [-0.3, -0.25) is 4.79 Å². The van der Waals surface area contributed by atoms with Gasteiger partial charge in [-0.15, -0.1) is 0 Å². The molecular weight excluding hydrogens is 356 g/mol. The lowest BCUT2D eigenvalue weighted by Gasteiger charge is -2.47. The summed E-state index contributed by atoms with van der Waals surface area (Å²) in [5.74, 6) is 0.226. The van der Waals surface area contributed by atoms with Gasteiger partial charge in [0.2, 0.25) is 15.6 Å². The second kappa shape index (κ2) is 6.45. The zero-order valence-electron chi connectivity index (χ0n) is 14.7. The molecule has 0 radical (unpaired) electrons. The zero-order valence-corrected chi connectivity index (χ0v) is 15.5. The lowest BCUT2D eigenvalue weighted by molar-refractivity contribution is -0.0775. The number of fused-ring (bicyclic) bond motifs is 2. The molecule has 4 rings (SSSR count). The maximum absolute atomic E-state index is 12.9. The van der Waals surface area contributed by atoms with Gasteiger partial charge in [-0.05, 0) is 37.1 Å². The molecule has 7 nitrogen and oxygen atoms in total. The maximum atomic E-state index is 12.9. The van der Waals surface area contributed by atoms with Gasteiger partial charge in [0.1, 0.15) is 0 Å². The first-order valence-corrected chi connectivity index (χ1v) is 10.2. The Morgan fingerprint density at radius 1 is 1.35 bits per heavy atom. The molecule has 4 atom stereocenters. The zero-order chi connectivity index (χ0) is 18.5. The number of aromatic nitrogens is 1. The number of pyridine rings is 1. The largest absolute Gasteiger partial charge is 0.384 e. The minimum atomic E-state index is -3.68. The van der Waals surface area contributed by atoms with Gasteiger partial charge in [-0.2, -0.15) is 0 Å². The fourth-order valence-electron chi connectivity index (χ4n) is 4.21. The summed E-state index contributed by atoms with van der Waals surface area (Å²) in [5, 5.41) is 0.719. The van der Waals surface area contributed by atoms with Crippen molar-refractivity contribution in [3.63, 3.8) is 0 Å². The number of H-pyrrole nitrogens is 1. The van der Waals surface area contributed by atoms with Crippen molar-refractivity contribution in [2.75, 3.05) is 20.3 Å². The fourth-order valence-corrected chi connectivity index (χ4v) is 5.58. The number of nitrogens with one attached hydrogen (secondary N) is 2. The number of ether oxygens (including phenoxy) is 2. The Hall–Kier alpha value is -1.74. The molecule has 1 aliphatic heterocycles. The van der Waals surface area contributed by atoms with Gasteiger partial charge in [0.25, 0.3) is 0 Å². The van der Waals surface area contributed by atoms with Crippen LogP contribution in [0.2, 0.25) is 0 Å². The molecule has 2 N–H and O–H groups in total. The molecule has 2 heterocycles. The Balaban J connectivity index is 1.64. The lowest BCUT2D eigenvalue weighted by Crippen LogP contribution is -2.62. The summed E-state index contributed by atoms with van der Waals surface area (Å²) in [6.07, 6.45) is 0.933. The first-order valence-electron chi connectivity index (χ1n) is 8.67. The molecule has 1 saturated carbocycles. The van der Waals surface area contributed by atoms with Crippen LogP contribution in [0.3, 0.4) is 0 Å². The third-order valence-electron chi connectivity index (χ3n) is 5.51. The summed E-state index contributed by atoms with van der Waals surface area (Å²) >= 11 is 0. The van der Waals surface area contributed by atoms with Crippen LogP contribution in [0.25, 0.3) is 10.9 Å². The van der Waals surface area contributed by atoms with Crippen molar-refractivity contribution in [2.45, 2.75) is 30.4 Å². The Morgan fingerprint density at radius 2 is 2.15 bits per heavy atom. The van der Waals surface area contributed by atoms with Crippen LogP contribution in [-0.2, 0) is 19.5 Å². The standard InChI is InChI=1S/C18H22N2O5S/c1-10-7-16(21)19-15-4-3-11(8-13(10)15)26(22,23)20-17-12-5-6-25-18(12)14(17)9-24-2/h3-4,7-8,12,14,17-18,20H,5-6,9H2,1-2H3,(H,19,21)/t12-,14+,17-,18-/m1/s1. The van der Waals surface area contributed by atoms with Crippen molar-refractivity contribution in [1.82, 2.24) is 9.71 Å². The maximum Gasteiger partial charge on any atom is 0.248 e. The van der Waals surface area contributed by atoms with E-state index in [9.17, 15) is 13.2 Å². The summed E-state index contributed by atoms with van der Waals surface area (Å²) in [7, 11) is -2.07. The molecule has 26 heavy (non-hydrogen) atoms. The van der Waals surface area contributed by atoms with Crippen molar-refractivity contribution >= 4 is 20.9 Å². The molecule has 1 aromatic heterocycles. The summed E-state index contributed by atoms with van der Waals surface area (Å²) in [5.41, 5.74) is 1.16. The van der Waals surface area contributed by atoms with Gasteiger partial charge in [0, 0.05) is 48.6 Å². The molecule has 2 fully saturated rings. The Labute approximate surface area is 151 Å². The third kappa shape index (κ3) is 2.87. The van der Waals surface area contributed by atoms with E-state index in [1.807, 2.05) is 0 Å². The van der Waals surface area contributed by atoms with Gasteiger partial charge in [0.15, 0.2) is 0 Å². The highest BCUT2D eigenvalue weighted by Crippen LogP contribution is 2.44. The molecule has 0 bridgehead atoms. The summed E-state index contributed by atoms with van der Waals surface area (Å²) < 4.78 is 39.7. The van der Waals surface area contributed by atoms with Crippen LogP contribution in [0.5, 0.6) is 0 Å². The van der Waals surface area contributed by atoms with Crippen LogP contribution in [0.1, 0.15) is 12.0 Å². The van der Waals surface area contributed by atoms with Crippen molar-refractivity contribution in [3.8, 4) is 0 Å². The highest BCUT2D eigenvalue weighted by molar-refractivity contribution is 7.89. The van der Waals surface area contributed by atoms with E-state index in [4.69, 9.17) is 9.47 Å². The van der Waals surface area contributed by atoms with Crippen molar-refractivity contribution in [1.29, 1.82) is 0 Å². The summed E-state index contributed by atoms with van der Waals surface area (Å²) in [4.78, 5) is 14.5. The minimum Gasteiger partial charge on any atom is -0.384 e. The van der Waals surface area contributed by atoms with E-state index in [0.29, 0.717) is 18.7 Å². The number of methoxy groups -OCH3 is 1. The molecule has 0 unspecified atom stereocenters. The van der Waals surface area contributed by atoms with Crippen LogP contribution in [0.4, 0.5) is 0 Å². The van der Waals surface area contributed by atoms with Gasteiger partial charge in [0.05, 0.1) is 17.6 Å². The van der Waals surface area contributed by atoms with Crippen molar-refractivity contribution in [3.05, 3.63) is 40.2 Å². The second-order valence-corrected chi connectivity index (χ2v) is 8.79. The molecule has 1 aliphatic carbocycles. The lowest BCUT2D eigenvalue weighted by atomic mass is 9.68. The molecular formula is C18H22N2O5S. The first kappa shape index (κ1) is 17.7. The smallest absolute Gasteiger partial charge is 0.248 e. The van der Waals surface area contributed by atoms with E-state index in [-0.39, 0.29) is 34.4 Å². The molecule has 1 saturated heterocycles. The van der Waals surface area contributed by atoms with Gasteiger partial charge < -0.3 is 14.5 Å². The predicted molar refractivity (Wildman–Crippen MR) is 96.6 cm³/mol. The summed E-state index contributed by atoms with van der Waals surface area (Å²) in [6.45, 7) is 2.92. The van der Waals surface area contributed by atoms with E-state index in [1.54, 1.807) is 26.2 Å². The van der Waals surface area contributed by atoms with Crippen molar-refractivity contribution < 1.29 is 17.9 Å². The number of aromatic amines is 1. The first-order chi connectivity index (χ1) is 12.4. The van der Waals surface area contributed by atoms with Crippen LogP contribution >= 0.6 is 0 Å². The predicted octanol–water partition coefficient (Wildman–Crippen LogP) is 1.16. The summed E-state index contributed by atoms with van der Waals surface area (Å²) in [6, 6.07) is 6.04. The number of aryl methyl sites for hydroxylation is 1. The highest BCUT2D eigenvalue weighted by Gasteiger charge is 2.54. The van der Waals surface area contributed by atoms with E-state index < -0.39 is 10.0 Å². The van der Waals surface area contributed by atoms with Crippen LogP contribution in [0, 0.1) is 18.8 Å². The minimum absolute atomic E-state index is 0.0285. The van der Waals surface area contributed by atoms with E-state index >= 15 is 0 Å². The van der Waals surface area contributed by atoms with Crippen molar-refractivity contribution in [2.24, 2.45) is 11.8 Å². The van der Waals surface area contributed by atoms with Gasteiger partial charge in [-0.1, -0.05) is 0 Å². The third-order valence-corrected chi connectivity index (χ3v) is 6.97. The highest BCUT2D eigenvalue weighted by atomic mass is 32.2. The second-order valence-electron chi connectivity index (χ2n) is 7.08. The quantitative estimate of drug-likeness (QED) is 0.814. The monoisotopic (exact) mass is 378 g/mol. The van der Waals surface area contributed by atoms with E-state index in [2.05, 4.69) is 9.71 Å². The van der Waals surface area contributed by atoms with Crippen LogP contribution in [-0.4, -0.2) is 45.9 Å². The average molecular weight is 378 g/mol. The molecule has 140 valence electrons. The number of benzene rings is 1. The Kier molecular flexibility index (Phi) is 4.38. The van der Waals surface area contributed by atoms with Gasteiger partial charge >= 0.3 is 0 Å². The molecule has 1 aromatic carbocycles. The van der Waals surface area contributed by atoms with E-state index in [0.717, 1.165) is 17.4 Å². The molecule has 2 aliphatic rings. The molecule has 8 heteroatoms. The Morgan fingerprint density at radius 3 is 2.92 bits per heavy atom. The number of hydrogen-bond acceptors (Lipinski definition) is 5. The average Bonchev–Trinajstić information content (AvgIpc) is 3.02. The normalized spacial score (nSPS) is 28.1. The molecule has 0 spiro atoms. The molecule has 0 amide bonds. The Bertz CT molecular complexity index is 1000. The SMILES string of the molecule is COC[C@H]1[C@H](NS(=O)(=O)c2ccc3[nH]c(=O)cc(C)c3c2)[C@H]2CCO[C@H]21. The van der Waals surface area contributed by atoms with Crippen LogP contribution in [0.15, 0.2) is 34.0 Å². The number of rotatable bonds is 5. The molecule has 2 aromatic rings.